The van der Waals surface area contributed by atoms with Crippen molar-refractivity contribution in [3.8, 4) is 0 Å². The third kappa shape index (κ3) is 5.54. The van der Waals surface area contributed by atoms with Crippen molar-refractivity contribution in [3.63, 3.8) is 0 Å². The number of nitrogens with one attached hydrogen (secondary N) is 1. The van der Waals surface area contributed by atoms with E-state index in [0.717, 1.165) is 11.0 Å². The molecule has 0 spiro atoms. The van der Waals surface area contributed by atoms with Gasteiger partial charge in [-0.05, 0) is 18.2 Å². The van der Waals surface area contributed by atoms with E-state index in [0.29, 0.717) is 4.34 Å². The second kappa shape index (κ2) is 6.91. The van der Waals surface area contributed by atoms with Gasteiger partial charge >= 0.3 is 11.9 Å². The Bertz CT molecular complexity index is 525. The van der Waals surface area contributed by atoms with E-state index < -0.39 is 30.3 Å². The van der Waals surface area contributed by atoms with Crippen molar-refractivity contribution >= 4 is 46.9 Å². The van der Waals surface area contributed by atoms with Crippen LogP contribution >= 0.6 is 22.9 Å². The van der Waals surface area contributed by atoms with Crippen LogP contribution in [-0.2, 0) is 14.4 Å². The molecule has 6 nitrogen and oxygen atoms in total. The molecule has 0 aliphatic carbocycles. The molecule has 1 rings (SSSR count). The number of amides is 1. The Morgan fingerprint density at radius 1 is 1.37 bits per heavy atom. The molecule has 0 radical (unpaired) electrons. The van der Waals surface area contributed by atoms with Gasteiger partial charge < -0.3 is 15.5 Å². The number of carboxylic acids is 2. The van der Waals surface area contributed by atoms with Gasteiger partial charge in [0.05, 0.1) is 10.8 Å². The fourth-order valence-electron chi connectivity index (χ4n) is 1.17. The number of carbonyl (C=O) groups excluding carboxylic acids is 1. The summed E-state index contributed by atoms with van der Waals surface area (Å²) in [5, 5.41) is 19.3. The standard InChI is InChI=1S/C11H10ClNO5S/c12-8-3-1-6(19-8)2-4-9(14)13-7(11(17)18)5-10(15)16/h1-4,7H,5H2,(H,13,14)(H,15,16)(H,17,18)/b4-2+/t7-/m0/s1. The Labute approximate surface area is 117 Å². The highest BCUT2D eigenvalue weighted by Gasteiger charge is 2.21. The Morgan fingerprint density at radius 3 is 2.53 bits per heavy atom. The molecule has 8 heteroatoms. The molecule has 0 aromatic carbocycles. The van der Waals surface area contributed by atoms with Crippen LogP contribution in [0, 0.1) is 0 Å². The van der Waals surface area contributed by atoms with E-state index >= 15 is 0 Å². The first kappa shape index (κ1) is 15.2. The first-order valence-corrected chi connectivity index (χ1v) is 6.26. The minimum Gasteiger partial charge on any atom is -0.481 e. The van der Waals surface area contributed by atoms with Crippen LogP contribution < -0.4 is 5.32 Å². The Hall–Kier alpha value is -1.86. The lowest BCUT2D eigenvalue weighted by Crippen LogP contribution is -2.41. The first-order valence-electron chi connectivity index (χ1n) is 5.07. The van der Waals surface area contributed by atoms with Gasteiger partial charge in [-0.15, -0.1) is 11.3 Å². The average molecular weight is 304 g/mol. The van der Waals surface area contributed by atoms with Gasteiger partial charge in [-0.3, -0.25) is 9.59 Å². The van der Waals surface area contributed by atoms with Crippen molar-refractivity contribution in [1.82, 2.24) is 5.32 Å². The third-order valence-electron chi connectivity index (χ3n) is 1.99. The number of carboxylic acid groups (broad SMARTS) is 2. The molecule has 1 heterocycles. The van der Waals surface area contributed by atoms with Gasteiger partial charge in [0.25, 0.3) is 0 Å². The number of aliphatic carboxylic acids is 2. The number of hydrogen-bond donors (Lipinski definition) is 3. The van der Waals surface area contributed by atoms with Gasteiger partial charge in [-0.1, -0.05) is 11.6 Å². The molecular formula is C11H10ClNO5S. The molecule has 0 saturated heterocycles. The molecule has 0 aliphatic heterocycles. The van der Waals surface area contributed by atoms with Gasteiger partial charge in [0.2, 0.25) is 5.91 Å². The van der Waals surface area contributed by atoms with Crippen LogP contribution in [-0.4, -0.2) is 34.1 Å². The van der Waals surface area contributed by atoms with Crippen molar-refractivity contribution in [2.75, 3.05) is 0 Å². The van der Waals surface area contributed by atoms with Gasteiger partial charge in [-0.25, -0.2) is 4.79 Å². The van der Waals surface area contributed by atoms with E-state index in [2.05, 4.69) is 5.32 Å². The van der Waals surface area contributed by atoms with Crippen LogP contribution in [0.1, 0.15) is 11.3 Å². The monoisotopic (exact) mass is 303 g/mol. The van der Waals surface area contributed by atoms with E-state index in [1.807, 2.05) is 0 Å². The quantitative estimate of drug-likeness (QED) is 0.690. The highest BCUT2D eigenvalue weighted by molar-refractivity contribution is 7.17. The van der Waals surface area contributed by atoms with Crippen molar-refractivity contribution in [1.29, 1.82) is 0 Å². The van der Waals surface area contributed by atoms with Crippen LogP contribution in [0.3, 0.4) is 0 Å². The zero-order valence-electron chi connectivity index (χ0n) is 9.50. The Balaban J connectivity index is 2.60. The number of hydrogen-bond acceptors (Lipinski definition) is 4. The van der Waals surface area contributed by atoms with Crippen LogP contribution in [0.5, 0.6) is 0 Å². The summed E-state index contributed by atoms with van der Waals surface area (Å²) in [6, 6.07) is 1.90. The van der Waals surface area contributed by atoms with E-state index in [9.17, 15) is 14.4 Å². The van der Waals surface area contributed by atoms with Gasteiger partial charge in [-0.2, -0.15) is 0 Å². The summed E-state index contributed by atoms with van der Waals surface area (Å²) in [5.74, 6) is -3.39. The van der Waals surface area contributed by atoms with Gasteiger partial charge in [0.15, 0.2) is 0 Å². The zero-order valence-corrected chi connectivity index (χ0v) is 11.1. The summed E-state index contributed by atoms with van der Waals surface area (Å²) in [6.45, 7) is 0. The molecule has 0 unspecified atom stereocenters. The van der Waals surface area contributed by atoms with Crippen molar-refractivity contribution in [3.05, 3.63) is 27.4 Å². The summed E-state index contributed by atoms with van der Waals surface area (Å²) in [6.07, 6.45) is 1.91. The molecule has 1 aromatic rings. The van der Waals surface area contributed by atoms with Crippen LogP contribution in [0.15, 0.2) is 18.2 Å². The molecule has 19 heavy (non-hydrogen) atoms. The maximum absolute atomic E-state index is 11.4. The lowest BCUT2D eigenvalue weighted by Gasteiger charge is -2.10. The molecule has 1 amide bonds. The lowest BCUT2D eigenvalue weighted by atomic mass is 10.2. The van der Waals surface area contributed by atoms with Crippen molar-refractivity contribution in [2.24, 2.45) is 0 Å². The van der Waals surface area contributed by atoms with Gasteiger partial charge in [0.1, 0.15) is 6.04 Å². The van der Waals surface area contributed by atoms with E-state index in [1.54, 1.807) is 12.1 Å². The van der Waals surface area contributed by atoms with Crippen molar-refractivity contribution < 1.29 is 24.6 Å². The number of rotatable bonds is 6. The predicted molar refractivity (Wildman–Crippen MR) is 70.2 cm³/mol. The predicted octanol–water partition coefficient (Wildman–Crippen LogP) is 1.46. The normalized spacial score (nSPS) is 12.3. The third-order valence-corrected chi connectivity index (χ3v) is 3.18. The molecule has 102 valence electrons. The topological polar surface area (TPSA) is 104 Å². The summed E-state index contributed by atoms with van der Waals surface area (Å²) >= 11 is 6.95. The molecule has 3 N–H and O–H groups in total. The highest BCUT2D eigenvalue weighted by Crippen LogP contribution is 2.22. The van der Waals surface area contributed by atoms with Crippen LogP contribution in [0.2, 0.25) is 4.34 Å². The molecule has 0 saturated carbocycles. The smallest absolute Gasteiger partial charge is 0.326 e. The van der Waals surface area contributed by atoms with Crippen LogP contribution in [0.4, 0.5) is 0 Å². The minimum atomic E-state index is -1.46. The zero-order chi connectivity index (χ0) is 14.4. The Kier molecular flexibility index (Phi) is 5.53. The molecular weight excluding hydrogens is 294 g/mol. The second-order valence-electron chi connectivity index (χ2n) is 3.47. The average Bonchev–Trinajstić information content (AvgIpc) is 2.71. The van der Waals surface area contributed by atoms with Crippen molar-refractivity contribution in [2.45, 2.75) is 12.5 Å². The summed E-state index contributed by atoms with van der Waals surface area (Å²) in [4.78, 5) is 33.3. The molecule has 0 aliphatic rings. The minimum absolute atomic E-state index is 0.564. The number of halogens is 1. The first-order chi connectivity index (χ1) is 8.88. The van der Waals surface area contributed by atoms with E-state index in [-0.39, 0.29) is 0 Å². The maximum Gasteiger partial charge on any atom is 0.326 e. The van der Waals surface area contributed by atoms with Gasteiger partial charge in [0, 0.05) is 11.0 Å². The molecule has 0 fully saturated rings. The maximum atomic E-state index is 11.4. The Morgan fingerprint density at radius 2 is 2.05 bits per heavy atom. The number of carbonyl (C=O) groups is 3. The lowest BCUT2D eigenvalue weighted by molar-refractivity contribution is -0.146. The molecule has 1 aromatic heterocycles. The fourth-order valence-corrected chi connectivity index (χ4v) is 2.13. The SMILES string of the molecule is O=C(O)C[C@H](NC(=O)/C=C/c1ccc(Cl)s1)C(=O)O. The summed E-state index contributed by atoms with van der Waals surface area (Å²) in [5.41, 5.74) is 0. The molecule has 1 atom stereocenters. The van der Waals surface area contributed by atoms with E-state index in [4.69, 9.17) is 21.8 Å². The highest BCUT2D eigenvalue weighted by atomic mass is 35.5. The molecule has 0 bridgehead atoms. The largest absolute Gasteiger partial charge is 0.481 e. The summed E-state index contributed by atoms with van der Waals surface area (Å²) < 4.78 is 0.564. The second-order valence-corrected chi connectivity index (χ2v) is 5.22. The number of thiophene rings is 1. The fraction of sp³-hybridized carbons (Fsp3) is 0.182. The van der Waals surface area contributed by atoms with E-state index in [1.165, 1.54) is 17.4 Å². The van der Waals surface area contributed by atoms with Crippen LogP contribution in [0.25, 0.3) is 6.08 Å². The summed E-state index contributed by atoms with van der Waals surface area (Å²) in [7, 11) is 0.